The fourth-order valence-corrected chi connectivity index (χ4v) is 3.70. The van der Waals surface area contributed by atoms with Crippen molar-refractivity contribution >= 4 is 43.7 Å². The molecule has 7 heteroatoms. The van der Waals surface area contributed by atoms with E-state index >= 15 is 0 Å². The summed E-state index contributed by atoms with van der Waals surface area (Å²) in [7, 11) is 2.09. The van der Waals surface area contributed by atoms with E-state index in [0.717, 1.165) is 46.3 Å². The Hall–Kier alpha value is -1.70. The average Bonchev–Trinajstić information content (AvgIpc) is 2.62. The summed E-state index contributed by atoms with van der Waals surface area (Å²) in [6.07, 6.45) is 0.586. The number of aliphatic carboxylic acids is 1. The molecule has 0 unspecified atom stereocenters. The van der Waals surface area contributed by atoms with Crippen LogP contribution in [-0.4, -0.2) is 60.0 Å². The van der Waals surface area contributed by atoms with Crippen molar-refractivity contribution in [2.45, 2.75) is 12.8 Å². The predicted molar refractivity (Wildman–Crippen MR) is 117 cm³/mol. The van der Waals surface area contributed by atoms with Gasteiger partial charge in [-0.25, -0.2) is 0 Å². The Labute approximate surface area is 182 Å². The monoisotopic (exact) mass is 510 g/mol. The van der Waals surface area contributed by atoms with E-state index in [-0.39, 0.29) is 12.3 Å². The second-order valence-electron chi connectivity index (χ2n) is 6.69. The van der Waals surface area contributed by atoms with Gasteiger partial charge in [0.2, 0.25) is 5.91 Å². The minimum atomic E-state index is -0.803. The first-order chi connectivity index (χ1) is 13.3. The van der Waals surface area contributed by atoms with Crippen LogP contribution in [0.3, 0.4) is 0 Å². The van der Waals surface area contributed by atoms with Gasteiger partial charge in [0.1, 0.15) is 0 Å². The highest BCUT2D eigenvalue weighted by Crippen LogP contribution is 2.13. The van der Waals surface area contributed by atoms with Gasteiger partial charge >= 0.3 is 5.97 Å². The van der Waals surface area contributed by atoms with Crippen molar-refractivity contribution in [3.63, 3.8) is 0 Å². The summed E-state index contributed by atoms with van der Waals surface area (Å²) in [6.45, 7) is 3.65. The highest BCUT2D eigenvalue weighted by molar-refractivity contribution is 9.10. The van der Waals surface area contributed by atoms with Crippen LogP contribution in [0.15, 0.2) is 57.5 Å². The van der Waals surface area contributed by atoms with Gasteiger partial charge in [-0.1, -0.05) is 56.1 Å². The molecule has 1 saturated heterocycles. The highest BCUT2D eigenvalue weighted by Gasteiger charge is 2.18. The van der Waals surface area contributed by atoms with Crippen LogP contribution in [0.4, 0.5) is 0 Å². The number of rotatable bonds is 4. The smallest absolute Gasteiger partial charge is 0.307 e. The Morgan fingerprint density at radius 2 is 1.39 bits per heavy atom. The maximum Gasteiger partial charge on any atom is 0.307 e. The summed E-state index contributed by atoms with van der Waals surface area (Å²) in [5.74, 6) is -0.570. The van der Waals surface area contributed by atoms with Gasteiger partial charge in [-0.05, 0) is 42.4 Å². The van der Waals surface area contributed by atoms with Crippen molar-refractivity contribution in [3.8, 4) is 0 Å². The van der Waals surface area contributed by atoms with Gasteiger partial charge < -0.3 is 14.9 Å². The topological polar surface area (TPSA) is 60.9 Å². The number of amides is 1. The fraction of sp³-hybridized carbons (Fsp3) is 0.333. The van der Waals surface area contributed by atoms with Crippen LogP contribution < -0.4 is 0 Å². The first-order valence-corrected chi connectivity index (χ1v) is 10.6. The van der Waals surface area contributed by atoms with Crippen molar-refractivity contribution in [1.82, 2.24) is 9.80 Å². The van der Waals surface area contributed by atoms with E-state index in [1.165, 1.54) is 0 Å². The number of piperazine rings is 1. The molecule has 0 spiro atoms. The van der Waals surface area contributed by atoms with Gasteiger partial charge in [0.05, 0.1) is 12.8 Å². The molecule has 1 aliphatic rings. The number of carboxylic acids is 1. The molecule has 2 aromatic carbocycles. The number of carbonyl (C=O) groups excluding carboxylic acids is 1. The molecule has 2 aromatic rings. The summed E-state index contributed by atoms with van der Waals surface area (Å²) < 4.78 is 1.94. The maximum atomic E-state index is 12.1. The summed E-state index contributed by atoms with van der Waals surface area (Å²) in [4.78, 5) is 26.6. The molecule has 0 bridgehead atoms. The van der Waals surface area contributed by atoms with Crippen molar-refractivity contribution in [3.05, 3.63) is 68.6 Å². The molecule has 0 atom stereocenters. The Bertz CT molecular complexity index is 806. The SMILES string of the molecule is CN1CCN(C(=O)Cc2cccc(Br)c2)CC1.O=C(O)Cc1cccc(Br)c1. The maximum absolute atomic E-state index is 12.1. The fourth-order valence-electron chi connectivity index (χ4n) is 2.81. The van der Waals surface area contributed by atoms with Gasteiger partial charge in [-0.2, -0.15) is 0 Å². The zero-order valence-corrected chi connectivity index (χ0v) is 18.9. The number of likely N-dealkylation sites (N-methyl/N-ethyl adjacent to an activating group) is 1. The van der Waals surface area contributed by atoms with E-state index in [4.69, 9.17) is 5.11 Å². The average molecular weight is 512 g/mol. The molecular weight excluding hydrogens is 488 g/mol. The third-order valence-electron chi connectivity index (χ3n) is 4.34. The van der Waals surface area contributed by atoms with E-state index in [1.807, 2.05) is 41.3 Å². The molecule has 150 valence electrons. The third kappa shape index (κ3) is 8.12. The lowest BCUT2D eigenvalue weighted by atomic mass is 10.1. The number of carboxylic acid groups (broad SMARTS) is 1. The molecule has 1 amide bonds. The van der Waals surface area contributed by atoms with Gasteiger partial charge in [0.15, 0.2) is 0 Å². The number of hydrogen-bond donors (Lipinski definition) is 1. The van der Waals surface area contributed by atoms with E-state index < -0.39 is 5.97 Å². The first kappa shape index (κ1) is 22.6. The number of carbonyl (C=O) groups is 2. The molecule has 0 aliphatic carbocycles. The van der Waals surface area contributed by atoms with Gasteiger partial charge in [0, 0.05) is 35.1 Å². The molecule has 0 aromatic heterocycles. The quantitative estimate of drug-likeness (QED) is 0.677. The molecular formula is C21H24Br2N2O3. The predicted octanol–water partition coefficient (Wildman–Crippen LogP) is 3.84. The van der Waals surface area contributed by atoms with Crippen LogP contribution in [0.2, 0.25) is 0 Å². The summed E-state index contributed by atoms with van der Waals surface area (Å²) in [6, 6.07) is 15.2. The molecule has 3 rings (SSSR count). The van der Waals surface area contributed by atoms with Crippen LogP contribution in [0, 0.1) is 0 Å². The lowest BCUT2D eigenvalue weighted by Crippen LogP contribution is -2.47. The highest BCUT2D eigenvalue weighted by atomic mass is 79.9. The van der Waals surface area contributed by atoms with Gasteiger partial charge in [-0.15, -0.1) is 0 Å². The van der Waals surface area contributed by atoms with Crippen molar-refractivity contribution in [2.24, 2.45) is 0 Å². The van der Waals surface area contributed by atoms with Crippen LogP contribution in [0.1, 0.15) is 11.1 Å². The third-order valence-corrected chi connectivity index (χ3v) is 5.33. The minimum Gasteiger partial charge on any atom is -0.481 e. The van der Waals surface area contributed by atoms with Crippen LogP contribution in [-0.2, 0) is 22.4 Å². The van der Waals surface area contributed by atoms with Gasteiger partial charge in [0.25, 0.3) is 0 Å². The van der Waals surface area contributed by atoms with Crippen LogP contribution in [0.5, 0.6) is 0 Å². The summed E-state index contributed by atoms with van der Waals surface area (Å²) >= 11 is 6.68. The number of nitrogens with zero attached hydrogens (tertiary/aromatic N) is 2. The van der Waals surface area contributed by atoms with Crippen LogP contribution in [0.25, 0.3) is 0 Å². The van der Waals surface area contributed by atoms with E-state index in [2.05, 4.69) is 43.8 Å². The second-order valence-corrected chi connectivity index (χ2v) is 8.52. The lowest BCUT2D eigenvalue weighted by Gasteiger charge is -2.32. The molecule has 1 N–H and O–H groups in total. The number of benzene rings is 2. The number of halogens is 2. The largest absolute Gasteiger partial charge is 0.481 e. The summed E-state index contributed by atoms with van der Waals surface area (Å²) in [5, 5.41) is 8.44. The van der Waals surface area contributed by atoms with E-state index in [9.17, 15) is 9.59 Å². The Balaban J connectivity index is 0.000000221. The second kappa shape index (κ2) is 11.3. The van der Waals surface area contributed by atoms with Crippen LogP contribution >= 0.6 is 31.9 Å². The minimum absolute atomic E-state index is 0.0828. The zero-order chi connectivity index (χ0) is 20.5. The molecule has 5 nitrogen and oxygen atoms in total. The number of hydrogen-bond acceptors (Lipinski definition) is 3. The lowest BCUT2D eigenvalue weighted by molar-refractivity contribution is -0.136. The first-order valence-electron chi connectivity index (χ1n) is 9.00. The van der Waals surface area contributed by atoms with Crippen molar-refractivity contribution in [2.75, 3.05) is 33.2 Å². The molecule has 0 radical (unpaired) electrons. The standard InChI is InChI=1S/C13H17BrN2O.C8H7BrO2/c1-15-5-7-16(8-6-15)13(17)10-11-3-2-4-12(14)9-11;9-7-3-1-2-6(4-7)5-8(10)11/h2-4,9H,5-8,10H2,1H3;1-4H,5H2,(H,10,11). The van der Waals surface area contributed by atoms with Gasteiger partial charge in [-0.3, -0.25) is 9.59 Å². The van der Waals surface area contributed by atoms with E-state index in [1.54, 1.807) is 12.1 Å². The summed E-state index contributed by atoms with van der Waals surface area (Å²) in [5.41, 5.74) is 1.88. The molecule has 1 heterocycles. The normalized spacial score (nSPS) is 14.2. The van der Waals surface area contributed by atoms with Crippen molar-refractivity contribution in [1.29, 1.82) is 0 Å². The Morgan fingerprint density at radius 3 is 1.86 bits per heavy atom. The molecule has 1 fully saturated rings. The molecule has 28 heavy (non-hydrogen) atoms. The van der Waals surface area contributed by atoms with Crippen molar-refractivity contribution < 1.29 is 14.7 Å². The van der Waals surface area contributed by atoms with E-state index in [0.29, 0.717) is 6.42 Å². The zero-order valence-electron chi connectivity index (χ0n) is 15.8. The Kier molecular flexibility index (Phi) is 9.15. The molecule has 0 saturated carbocycles. The molecule has 1 aliphatic heterocycles. The Morgan fingerprint density at radius 1 is 0.893 bits per heavy atom.